The molecule has 28 heavy (non-hydrogen) atoms. The number of benzene rings is 1. The molecule has 1 aromatic carbocycles. The van der Waals surface area contributed by atoms with E-state index in [1.165, 1.54) is 17.3 Å². The molecular formula is C19H24N6O2S. The highest BCUT2D eigenvalue weighted by molar-refractivity contribution is 7.99. The molecule has 0 spiro atoms. The van der Waals surface area contributed by atoms with Gasteiger partial charge in [-0.05, 0) is 32.4 Å². The van der Waals surface area contributed by atoms with Gasteiger partial charge in [-0.3, -0.25) is 9.48 Å². The molecule has 0 aliphatic carbocycles. The lowest BCUT2D eigenvalue weighted by molar-refractivity contribution is -0.113. The summed E-state index contributed by atoms with van der Waals surface area (Å²) >= 11 is 1.35. The summed E-state index contributed by atoms with van der Waals surface area (Å²) in [6.07, 6.45) is 1.84. The normalized spacial score (nSPS) is 10.9. The van der Waals surface area contributed by atoms with Crippen LogP contribution in [-0.4, -0.2) is 43.3 Å². The molecule has 9 heteroatoms. The molecule has 0 saturated carbocycles. The van der Waals surface area contributed by atoms with Crippen molar-refractivity contribution in [2.75, 3.05) is 18.2 Å². The van der Waals surface area contributed by atoms with E-state index in [9.17, 15) is 4.79 Å². The van der Waals surface area contributed by atoms with E-state index in [0.717, 1.165) is 16.8 Å². The van der Waals surface area contributed by atoms with Gasteiger partial charge in [-0.2, -0.15) is 0 Å². The van der Waals surface area contributed by atoms with Gasteiger partial charge in [-0.15, -0.1) is 15.3 Å². The van der Waals surface area contributed by atoms with Crippen molar-refractivity contribution in [2.45, 2.75) is 32.5 Å². The largest absolute Gasteiger partial charge is 0.479 e. The van der Waals surface area contributed by atoms with Crippen molar-refractivity contribution < 1.29 is 9.53 Å². The van der Waals surface area contributed by atoms with Gasteiger partial charge in [0.1, 0.15) is 5.56 Å². The Morgan fingerprint density at radius 2 is 2.07 bits per heavy atom. The number of nitrogens with one attached hydrogen (secondary N) is 1. The Kier molecular flexibility index (Phi) is 6.03. The van der Waals surface area contributed by atoms with Gasteiger partial charge in [-0.1, -0.05) is 29.5 Å². The lowest BCUT2D eigenvalue weighted by atomic mass is 10.1. The number of rotatable bonds is 7. The fraction of sp³-hybridized carbons (Fsp3) is 0.368. The Morgan fingerprint density at radius 3 is 2.75 bits per heavy atom. The maximum atomic E-state index is 12.4. The third-order valence-corrected chi connectivity index (χ3v) is 5.22. The Labute approximate surface area is 168 Å². The van der Waals surface area contributed by atoms with E-state index in [0.29, 0.717) is 23.4 Å². The average Bonchev–Trinajstić information content (AvgIpc) is 3.24. The van der Waals surface area contributed by atoms with Crippen LogP contribution in [0.3, 0.4) is 0 Å². The second-order valence-electron chi connectivity index (χ2n) is 6.43. The molecule has 1 N–H and O–H groups in total. The minimum Gasteiger partial charge on any atom is -0.479 e. The number of aryl methyl sites for hydroxylation is 3. The molecule has 148 valence electrons. The van der Waals surface area contributed by atoms with Gasteiger partial charge in [0.2, 0.25) is 11.8 Å². The van der Waals surface area contributed by atoms with Gasteiger partial charge in [0.05, 0.1) is 12.9 Å². The van der Waals surface area contributed by atoms with Crippen LogP contribution in [0.25, 0.3) is 11.4 Å². The molecule has 0 aliphatic rings. The fourth-order valence-corrected chi connectivity index (χ4v) is 3.72. The van der Waals surface area contributed by atoms with Crippen molar-refractivity contribution in [2.24, 2.45) is 7.05 Å². The molecule has 0 saturated heterocycles. The number of anilines is 1. The second-order valence-corrected chi connectivity index (χ2v) is 7.37. The van der Waals surface area contributed by atoms with Crippen LogP contribution >= 0.6 is 11.8 Å². The second kappa shape index (κ2) is 8.47. The van der Waals surface area contributed by atoms with E-state index in [1.54, 1.807) is 11.8 Å². The standard InChI is InChI=1S/C19H24N6O2S/c1-6-25-17(14-10-24(4)23-18(14)27-5)21-22-19(25)28-11-16(26)20-15-8-7-12(2)9-13(15)3/h7-10H,6,11H2,1-5H3,(H,20,26). The predicted molar refractivity (Wildman–Crippen MR) is 110 cm³/mol. The first-order valence-corrected chi connectivity index (χ1v) is 9.92. The zero-order valence-electron chi connectivity index (χ0n) is 16.7. The number of hydrogen-bond donors (Lipinski definition) is 1. The number of carbonyl (C=O) groups excluding carboxylic acids is 1. The van der Waals surface area contributed by atoms with Gasteiger partial charge in [0.25, 0.3) is 0 Å². The molecule has 0 fully saturated rings. The summed E-state index contributed by atoms with van der Waals surface area (Å²) in [4.78, 5) is 12.4. The van der Waals surface area contributed by atoms with Crippen LogP contribution < -0.4 is 10.1 Å². The minimum absolute atomic E-state index is 0.0804. The summed E-state index contributed by atoms with van der Waals surface area (Å²) in [5.74, 6) is 1.33. The summed E-state index contributed by atoms with van der Waals surface area (Å²) in [6.45, 7) is 6.69. The highest BCUT2D eigenvalue weighted by Gasteiger charge is 2.20. The van der Waals surface area contributed by atoms with E-state index < -0.39 is 0 Å². The van der Waals surface area contributed by atoms with Crippen LogP contribution in [0.4, 0.5) is 5.69 Å². The molecule has 3 aromatic rings. The number of amides is 1. The molecule has 0 atom stereocenters. The van der Waals surface area contributed by atoms with Gasteiger partial charge in [0, 0.05) is 25.5 Å². The van der Waals surface area contributed by atoms with Gasteiger partial charge < -0.3 is 14.6 Å². The minimum atomic E-state index is -0.0804. The van der Waals surface area contributed by atoms with Crippen molar-refractivity contribution in [1.82, 2.24) is 24.5 Å². The van der Waals surface area contributed by atoms with E-state index in [2.05, 4.69) is 20.6 Å². The Morgan fingerprint density at radius 1 is 1.29 bits per heavy atom. The zero-order chi connectivity index (χ0) is 20.3. The monoisotopic (exact) mass is 400 g/mol. The molecule has 0 unspecified atom stereocenters. The first-order chi connectivity index (χ1) is 13.4. The van der Waals surface area contributed by atoms with Crippen LogP contribution in [0.2, 0.25) is 0 Å². The van der Waals surface area contributed by atoms with Crippen molar-refractivity contribution in [3.8, 4) is 17.3 Å². The highest BCUT2D eigenvalue weighted by atomic mass is 32.2. The van der Waals surface area contributed by atoms with E-state index in [-0.39, 0.29) is 11.7 Å². The summed E-state index contributed by atoms with van der Waals surface area (Å²) in [6, 6.07) is 5.95. The smallest absolute Gasteiger partial charge is 0.243 e. The third kappa shape index (κ3) is 4.19. The van der Waals surface area contributed by atoms with Crippen LogP contribution in [0.5, 0.6) is 5.88 Å². The van der Waals surface area contributed by atoms with Gasteiger partial charge in [-0.25, -0.2) is 0 Å². The summed E-state index contributed by atoms with van der Waals surface area (Å²) in [5.41, 5.74) is 3.81. The lowest BCUT2D eigenvalue weighted by Crippen LogP contribution is -2.15. The number of ether oxygens (including phenoxy) is 1. The Bertz CT molecular complexity index is 994. The van der Waals surface area contributed by atoms with Crippen LogP contribution in [0.15, 0.2) is 29.6 Å². The van der Waals surface area contributed by atoms with Crippen molar-refractivity contribution in [3.63, 3.8) is 0 Å². The summed E-state index contributed by atoms with van der Waals surface area (Å²) < 4.78 is 8.96. The molecule has 2 heterocycles. The zero-order valence-corrected chi connectivity index (χ0v) is 17.5. The Hall–Kier alpha value is -2.81. The van der Waals surface area contributed by atoms with Crippen LogP contribution in [0.1, 0.15) is 18.1 Å². The summed E-state index contributed by atoms with van der Waals surface area (Å²) in [5, 5.41) is 16.5. The molecule has 0 aliphatic heterocycles. The van der Waals surface area contributed by atoms with Crippen molar-refractivity contribution in [1.29, 1.82) is 0 Å². The van der Waals surface area contributed by atoms with E-state index >= 15 is 0 Å². The lowest BCUT2D eigenvalue weighted by Gasteiger charge is -2.09. The Balaban J connectivity index is 1.72. The van der Waals surface area contributed by atoms with Crippen molar-refractivity contribution in [3.05, 3.63) is 35.5 Å². The maximum Gasteiger partial charge on any atom is 0.243 e. The highest BCUT2D eigenvalue weighted by Crippen LogP contribution is 2.30. The number of thioether (sulfide) groups is 1. The van der Waals surface area contributed by atoms with E-state index in [1.807, 2.05) is 56.8 Å². The molecule has 2 aromatic heterocycles. The maximum absolute atomic E-state index is 12.4. The predicted octanol–water partition coefficient (Wildman–Crippen LogP) is 3.05. The number of hydrogen-bond acceptors (Lipinski definition) is 6. The number of carbonyl (C=O) groups is 1. The molecule has 0 bridgehead atoms. The van der Waals surface area contributed by atoms with Crippen LogP contribution in [0, 0.1) is 13.8 Å². The van der Waals surface area contributed by atoms with E-state index in [4.69, 9.17) is 4.74 Å². The fourth-order valence-electron chi connectivity index (χ4n) is 2.92. The number of methoxy groups -OCH3 is 1. The molecule has 8 nitrogen and oxygen atoms in total. The third-order valence-electron chi connectivity index (χ3n) is 4.25. The van der Waals surface area contributed by atoms with Crippen molar-refractivity contribution >= 4 is 23.4 Å². The van der Waals surface area contributed by atoms with Crippen LogP contribution in [-0.2, 0) is 18.4 Å². The molecular weight excluding hydrogens is 376 g/mol. The van der Waals surface area contributed by atoms with Gasteiger partial charge in [0.15, 0.2) is 11.0 Å². The molecule has 3 rings (SSSR count). The SMILES string of the molecule is CCn1c(SCC(=O)Nc2ccc(C)cc2C)nnc1-c1cn(C)nc1OC. The average molecular weight is 401 g/mol. The first kappa shape index (κ1) is 19.9. The summed E-state index contributed by atoms with van der Waals surface area (Å²) in [7, 11) is 3.40. The number of aromatic nitrogens is 5. The quantitative estimate of drug-likeness (QED) is 0.614. The molecule has 0 radical (unpaired) electrons. The molecule has 1 amide bonds. The first-order valence-electron chi connectivity index (χ1n) is 8.94. The topological polar surface area (TPSA) is 86.9 Å². The van der Waals surface area contributed by atoms with Gasteiger partial charge >= 0.3 is 0 Å². The number of nitrogens with zero attached hydrogens (tertiary/aromatic N) is 5.